The maximum absolute atomic E-state index is 14.0. The van der Waals surface area contributed by atoms with E-state index in [1.54, 1.807) is 55.4 Å². The van der Waals surface area contributed by atoms with E-state index in [0.717, 1.165) is 0 Å². The van der Waals surface area contributed by atoms with Crippen LogP contribution in [0.5, 0.6) is 0 Å². The van der Waals surface area contributed by atoms with Crippen molar-refractivity contribution in [2.24, 2.45) is 40.9 Å². The molecule has 0 aliphatic rings. The lowest BCUT2D eigenvalue weighted by Gasteiger charge is -2.30. The summed E-state index contributed by atoms with van der Waals surface area (Å²) in [7, 11) is 0. The largest absolute Gasteiger partial charge is 0.481 e. The van der Waals surface area contributed by atoms with Gasteiger partial charge in [0, 0.05) is 0 Å². The van der Waals surface area contributed by atoms with Crippen LogP contribution in [0.3, 0.4) is 0 Å². The number of aliphatic carboxylic acids is 1. The molecule has 0 rings (SSSR count). The van der Waals surface area contributed by atoms with E-state index >= 15 is 0 Å². The van der Waals surface area contributed by atoms with E-state index in [1.807, 2.05) is 0 Å². The number of aliphatic hydroxyl groups excluding tert-OH is 1. The molecule has 0 heterocycles. The van der Waals surface area contributed by atoms with Gasteiger partial charge in [0.05, 0.1) is 25.6 Å². The standard InChI is InChI=1S/C42H77N11O12/c1-10-24(8)34(42(65)52-31(20-54)35(45)58)53-41(64)29(17-23(6)7)51-39(62)27(15-21(2)3)49-38(61)28(16-22(4)5)50-40(63)30(18-33(56)57)47-32(55)19-46-37(60)26(13-11-12-14-43)48-36(59)25(9)44/h21-31,34,54H,10-20,43-44H2,1-9H3,(H2,45,58)(H,46,60)(H,47,55)(H,48,59)(H,49,61)(H,50,63)(H,51,62)(H,52,65)(H,53,64)(H,56,57)/t24-,25-,26-,27-,28-,29-,30-,31-,34-/m0/s1. The van der Waals surface area contributed by atoms with Crippen LogP contribution in [0.25, 0.3) is 0 Å². The molecule has 0 spiro atoms. The molecule has 9 amide bonds. The highest BCUT2D eigenvalue weighted by Crippen LogP contribution is 2.14. The number of aliphatic hydroxyl groups is 1. The van der Waals surface area contributed by atoms with Crippen molar-refractivity contribution < 1.29 is 58.2 Å². The summed E-state index contributed by atoms with van der Waals surface area (Å²) in [6.07, 6.45) is 0.940. The van der Waals surface area contributed by atoms with E-state index in [9.17, 15) is 58.2 Å². The average Bonchev–Trinajstić information content (AvgIpc) is 3.20. The van der Waals surface area contributed by atoms with Gasteiger partial charge in [0.2, 0.25) is 53.2 Å². The van der Waals surface area contributed by atoms with Crippen molar-refractivity contribution >= 4 is 59.1 Å². The van der Waals surface area contributed by atoms with Crippen LogP contribution in [0.15, 0.2) is 0 Å². The molecule has 0 bridgehead atoms. The summed E-state index contributed by atoms with van der Waals surface area (Å²) in [5.74, 6) is -9.86. The fourth-order valence-electron chi connectivity index (χ4n) is 6.33. The first-order chi connectivity index (χ1) is 30.3. The number of primary amides is 1. The topological polar surface area (TPSA) is 385 Å². The SMILES string of the molecule is CC[C@H](C)[C@H](NC(=O)[C@H](CC(C)C)NC(=O)[C@H](CC(C)C)NC(=O)[C@H](CC(C)C)NC(=O)[C@H](CC(=O)O)NC(=O)CNC(=O)[C@H](CCCCN)NC(=O)[C@H](C)N)C(=O)N[C@@H](CO)C(N)=O. The van der Waals surface area contributed by atoms with Gasteiger partial charge >= 0.3 is 5.97 Å². The molecule has 0 saturated carbocycles. The Morgan fingerprint density at radius 1 is 0.538 bits per heavy atom. The van der Waals surface area contributed by atoms with Crippen LogP contribution < -0.4 is 59.7 Å². The molecular formula is C42H77N11O12. The zero-order valence-corrected chi connectivity index (χ0v) is 39.4. The van der Waals surface area contributed by atoms with E-state index in [0.29, 0.717) is 25.8 Å². The molecule has 0 saturated heterocycles. The van der Waals surface area contributed by atoms with Gasteiger partial charge in [-0.2, -0.15) is 0 Å². The monoisotopic (exact) mass is 928 g/mol. The van der Waals surface area contributed by atoms with E-state index in [-0.39, 0.29) is 43.4 Å². The Morgan fingerprint density at radius 2 is 0.969 bits per heavy atom. The molecule has 0 unspecified atom stereocenters. The summed E-state index contributed by atoms with van der Waals surface area (Å²) in [4.78, 5) is 130. The quantitative estimate of drug-likeness (QED) is 0.0302. The summed E-state index contributed by atoms with van der Waals surface area (Å²) >= 11 is 0. The predicted molar refractivity (Wildman–Crippen MR) is 239 cm³/mol. The van der Waals surface area contributed by atoms with Crippen LogP contribution >= 0.6 is 0 Å². The molecule has 372 valence electrons. The zero-order valence-electron chi connectivity index (χ0n) is 39.4. The summed E-state index contributed by atoms with van der Waals surface area (Å²) in [6.45, 7) is 14.5. The van der Waals surface area contributed by atoms with Crippen LogP contribution in [-0.2, 0) is 47.9 Å². The van der Waals surface area contributed by atoms with Gasteiger partial charge in [-0.15, -0.1) is 0 Å². The average molecular weight is 928 g/mol. The number of unbranched alkanes of at least 4 members (excludes halogenated alkanes) is 1. The highest BCUT2D eigenvalue weighted by molar-refractivity contribution is 5.98. The third-order valence-electron chi connectivity index (χ3n) is 10.1. The van der Waals surface area contributed by atoms with Crippen LogP contribution in [-0.4, -0.2) is 137 Å². The van der Waals surface area contributed by atoms with Crippen molar-refractivity contribution in [3.8, 4) is 0 Å². The van der Waals surface area contributed by atoms with Gasteiger partial charge < -0.3 is 69.9 Å². The number of rotatable bonds is 32. The summed E-state index contributed by atoms with van der Waals surface area (Å²) in [6, 6.07) is -10.1. The van der Waals surface area contributed by atoms with E-state index < -0.39 is 133 Å². The molecule has 16 N–H and O–H groups in total. The number of carboxylic acids is 1. The van der Waals surface area contributed by atoms with Crippen molar-refractivity contribution in [2.75, 3.05) is 19.7 Å². The van der Waals surface area contributed by atoms with Gasteiger partial charge in [0.15, 0.2) is 0 Å². The molecule has 0 aromatic carbocycles. The molecule has 0 fully saturated rings. The van der Waals surface area contributed by atoms with Crippen molar-refractivity contribution in [2.45, 2.75) is 162 Å². The normalized spacial score (nSPS) is 15.4. The highest BCUT2D eigenvalue weighted by atomic mass is 16.4. The molecule has 0 radical (unpaired) electrons. The van der Waals surface area contributed by atoms with Gasteiger partial charge in [-0.25, -0.2) is 0 Å². The lowest BCUT2D eigenvalue weighted by molar-refractivity contribution is -0.141. The Hall–Kier alpha value is -5.42. The minimum Gasteiger partial charge on any atom is -0.481 e. The second-order valence-electron chi connectivity index (χ2n) is 17.7. The van der Waals surface area contributed by atoms with Gasteiger partial charge in [0.25, 0.3) is 0 Å². The van der Waals surface area contributed by atoms with E-state index in [1.165, 1.54) is 6.92 Å². The van der Waals surface area contributed by atoms with Gasteiger partial charge in [-0.1, -0.05) is 61.8 Å². The molecule has 0 aromatic rings. The zero-order chi connectivity index (χ0) is 50.1. The van der Waals surface area contributed by atoms with Gasteiger partial charge in [-0.05, 0) is 75.7 Å². The Bertz CT molecular complexity index is 1610. The van der Waals surface area contributed by atoms with Crippen molar-refractivity contribution in [3.05, 3.63) is 0 Å². The molecule has 65 heavy (non-hydrogen) atoms. The first-order valence-electron chi connectivity index (χ1n) is 22.2. The Labute approximate surface area is 381 Å². The molecule has 0 aromatic heterocycles. The summed E-state index contributed by atoms with van der Waals surface area (Å²) in [5, 5.41) is 39.1. The number of amides is 9. The fraction of sp³-hybridized carbons (Fsp3) is 0.762. The predicted octanol–water partition coefficient (Wildman–Crippen LogP) is -2.89. The molecular weight excluding hydrogens is 851 g/mol. The van der Waals surface area contributed by atoms with Crippen molar-refractivity contribution in [1.29, 1.82) is 0 Å². The highest BCUT2D eigenvalue weighted by Gasteiger charge is 2.35. The number of carboxylic acid groups (broad SMARTS) is 1. The molecule has 23 nitrogen and oxygen atoms in total. The fourth-order valence-corrected chi connectivity index (χ4v) is 6.33. The van der Waals surface area contributed by atoms with Crippen LogP contribution in [0, 0.1) is 23.7 Å². The third-order valence-corrected chi connectivity index (χ3v) is 10.1. The van der Waals surface area contributed by atoms with Crippen molar-refractivity contribution in [1.82, 2.24) is 42.5 Å². The minimum atomic E-state index is -1.71. The number of nitrogens with one attached hydrogen (secondary N) is 8. The smallest absolute Gasteiger partial charge is 0.305 e. The first-order valence-corrected chi connectivity index (χ1v) is 22.2. The van der Waals surface area contributed by atoms with E-state index in [2.05, 4.69) is 42.5 Å². The molecule has 0 aliphatic heterocycles. The minimum absolute atomic E-state index is 0.0143. The number of carbonyl (C=O) groups excluding carboxylic acids is 9. The van der Waals surface area contributed by atoms with Crippen LogP contribution in [0.1, 0.15) is 114 Å². The van der Waals surface area contributed by atoms with Gasteiger partial charge in [0.1, 0.15) is 42.3 Å². The number of hydrogen-bond acceptors (Lipinski definition) is 13. The Morgan fingerprint density at radius 3 is 1.35 bits per heavy atom. The first kappa shape index (κ1) is 59.6. The Kier molecular flexibility index (Phi) is 28.1. The summed E-state index contributed by atoms with van der Waals surface area (Å²) < 4.78 is 0. The second kappa shape index (κ2) is 30.7. The number of carbonyl (C=O) groups is 10. The summed E-state index contributed by atoms with van der Waals surface area (Å²) in [5.41, 5.74) is 16.4. The lowest BCUT2D eigenvalue weighted by Crippen LogP contribution is -2.61. The van der Waals surface area contributed by atoms with Crippen molar-refractivity contribution in [3.63, 3.8) is 0 Å². The maximum atomic E-state index is 14.0. The number of nitrogens with two attached hydrogens (primary N) is 3. The van der Waals surface area contributed by atoms with Crippen LogP contribution in [0.2, 0.25) is 0 Å². The van der Waals surface area contributed by atoms with E-state index in [4.69, 9.17) is 17.2 Å². The lowest BCUT2D eigenvalue weighted by atomic mass is 9.96. The molecule has 0 aliphatic carbocycles. The van der Waals surface area contributed by atoms with Gasteiger partial charge in [-0.3, -0.25) is 47.9 Å². The second-order valence-corrected chi connectivity index (χ2v) is 17.7. The van der Waals surface area contributed by atoms with Crippen LogP contribution in [0.4, 0.5) is 0 Å². The number of hydrogen-bond donors (Lipinski definition) is 13. The molecule has 9 atom stereocenters. The molecule has 23 heteroatoms. The third kappa shape index (κ3) is 23.9. The Balaban J connectivity index is 6.32. The maximum Gasteiger partial charge on any atom is 0.305 e.